The number of pyridine rings is 1. The number of benzene rings is 1. The van der Waals surface area contributed by atoms with E-state index in [4.69, 9.17) is 0 Å². The van der Waals surface area contributed by atoms with Gasteiger partial charge in [0.05, 0.1) is 29.0 Å². The van der Waals surface area contributed by atoms with Gasteiger partial charge in [0.15, 0.2) is 0 Å². The highest BCUT2D eigenvalue weighted by molar-refractivity contribution is 7.99. The van der Waals surface area contributed by atoms with E-state index in [-0.39, 0.29) is 12.8 Å². The number of nitrogens with zero attached hydrogens (tertiary/aromatic N) is 4. The molecule has 37 heavy (non-hydrogen) atoms. The second kappa shape index (κ2) is 12.1. The number of rotatable bonds is 10. The Morgan fingerprint density at radius 3 is 2.41 bits per heavy atom. The van der Waals surface area contributed by atoms with Crippen molar-refractivity contribution in [2.24, 2.45) is 5.92 Å². The molecule has 0 radical (unpaired) electrons. The lowest BCUT2D eigenvalue weighted by Crippen LogP contribution is -2.38. The second-order valence-corrected chi connectivity index (χ2v) is 10.6. The fourth-order valence-electron chi connectivity index (χ4n) is 4.61. The second-order valence-electron chi connectivity index (χ2n) is 9.50. The molecule has 11 heteroatoms. The molecule has 0 saturated carbocycles. The summed E-state index contributed by atoms with van der Waals surface area (Å²) in [5, 5.41) is 0.737. The lowest BCUT2D eigenvalue weighted by Gasteiger charge is -2.32. The smallest absolute Gasteiger partial charge is 0.337 e. The Labute approximate surface area is 216 Å². The molecule has 1 aromatic carbocycles. The molecule has 0 unspecified atom stereocenters. The topological polar surface area (TPSA) is 34.0 Å². The summed E-state index contributed by atoms with van der Waals surface area (Å²) in [4.78, 5) is 11.5. The molecule has 3 heterocycles. The summed E-state index contributed by atoms with van der Waals surface area (Å²) in [6, 6.07) is 5.54. The van der Waals surface area contributed by atoms with Gasteiger partial charge in [-0.2, -0.15) is 26.3 Å². The van der Waals surface area contributed by atoms with Crippen LogP contribution in [0.25, 0.3) is 10.9 Å². The van der Waals surface area contributed by atoms with Crippen molar-refractivity contribution in [3.05, 3.63) is 54.2 Å². The maximum atomic E-state index is 12.9. The summed E-state index contributed by atoms with van der Waals surface area (Å²) in [6.45, 7) is 2.31. The van der Waals surface area contributed by atoms with Crippen LogP contribution in [0.1, 0.15) is 49.8 Å². The number of aryl methyl sites for hydroxylation is 1. The normalized spacial score (nSPS) is 16.1. The van der Waals surface area contributed by atoms with Crippen LogP contribution in [-0.4, -0.2) is 44.5 Å². The van der Waals surface area contributed by atoms with E-state index in [0.29, 0.717) is 25.2 Å². The fraction of sp³-hybridized carbons (Fsp3) is 0.538. The molecule has 1 saturated heterocycles. The third kappa shape index (κ3) is 7.86. The van der Waals surface area contributed by atoms with Gasteiger partial charge >= 0.3 is 12.4 Å². The van der Waals surface area contributed by atoms with Crippen LogP contribution >= 0.6 is 11.8 Å². The third-order valence-electron chi connectivity index (χ3n) is 6.72. The number of likely N-dealkylation sites (tertiary alicyclic amines) is 1. The van der Waals surface area contributed by atoms with Crippen LogP contribution in [0.15, 0.2) is 47.9 Å². The van der Waals surface area contributed by atoms with E-state index in [9.17, 15) is 26.3 Å². The molecular weight excluding hydrogens is 514 g/mol. The van der Waals surface area contributed by atoms with E-state index >= 15 is 0 Å². The van der Waals surface area contributed by atoms with Crippen molar-refractivity contribution in [1.29, 1.82) is 0 Å². The molecule has 0 N–H and O–H groups in total. The number of aromatic nitrogens is 3. The highest BCUT2D eigenvalue weighted by Gasteiger charge is 2.41. The summed E-state index contributed by atoms with van der Waals surface area (Å²) in [7, 11) is 0. The standard InChI is InChI=1S/C26H30F6N4S/c27-25(28,29)19-8-12-35(13-9-19)16-21-17-36(18-34-21)11-3-1-2-4-14-37-24-7-10-33-23-15-20(26(30,31)32)5-6-22(23)24/h5-7,10,15,17-19H,1-4,8-9,11-14,16H2. The molecule has 0 amide bonds. The molecule has 0 aliphatic carbocycles. The molecular formula is C26H30F6N4S. The van der Waals surface area contributed by atoms with Crippen LogP contribution in [0.5, 0.6) is 0 Å². The minimum atomic E-state index is -4.38. The largest absolute Gasteiger partial charge is 0.416 e. The van der Waals surface area contributed by atoms with Gasteiger partial charge in [-0.05, 0) is 62.7 Å². The number of unbranched alkanes of at least 4 members (excludes halogenated alkanes) is 3. The first-order valence-electron chi connectivity index (χ1n) is 12.5. The van der Waals surface area contributed by atoms with Crippen LogP contribution < -0.4 is 0 Å². The van der Waals surface area contributed by atoms with E-state index in [2.05, 4.69) is 9.97 Å². The summed E-state index contributed by atoms with van der Waals surface area (Å²) >= 11 is 1.64. The third-order valence-corrected chi connectivity index (χ3v) is 7.88. The molecule has 0 atom stereocenters. The first-order valence-corrected chi connectivity index (χ1v) is 13.5. The lowest BCUT2D eigenvalue weighted by atomic mass is 9.96. The van der Waals surface area contributed by atoms with Crippen molar-refractivity contribution in [2.45, 2.75) is 68.9 Å². The number of halogens is 6. The average Bonchev–Trinajstić information content (AvgIpc) is 3.29. The van der Waals surface area contributed by atoms with Crippen LogP contribution in [0.4, 0.5) is 26.3 Å². The molecule has 4 nitrogen and oxygen atoms in total. The number of hydrogen-bond acceptors (Lipinski definition) is 4. The lowest BCUT2D eigenvalue weighted by molar-refractivity contribution is -0.185. The van der Waals surface area contributed by atoms with E-state index < -0.39 is 23.8 Å². The van der Waals surface area contributed by atoms with E-state index in [1.165, 1.54) is 6.07 Å². The zero-order valence-corrected chi connectivity index (χ0v) is 21.2. The summed E-state index contributed by atoms with van der Waals surface area (Å²) in [5.41, 5.74) is 0.546. The average molecular weight is 545 g/mol. The molecule has 0 spiro atoms. The molecule has 1 fully saturated rings. The first kappa shape index (κ1) is 27.8. The van der Waals surface area contributed by atoms with Gasteiger partial charge < -0.3 is 4.57 Å². The van der Waals surface area contributed by atoms with Gasteiger partial charge in [0.2, 0.25) is 0 Å². The van der Waals surface area contributed by atoms with E-state index in [1.54, 1.807) is 24.3 Å². The van der Waals surface area contributed by atoms with Gasteiger partial charge in [0, 0.05) is 35.8 Å². The van der Waals surface area contributed by atoms with Gasteiger partial charge in [-0.3, -0.25) is 9.88 Å². The fourth-order valence-corrected chi connectivity index (χ4v) is 5.67. The number of alkyl halides is 6. The Balaban J connectivity index is 1.13. The Bertz CT molecular complexity index is 1150. The molecule has 1 aliphatic rings. The summed E-state index contributed by atoms with van der Waals surface area (Å²) < 4.78 is 79.3. The zero-order chi connectivity index (χ0) is 26.5. The van der Waals surface area contributed by atoms with Crippen molar-refractivity contribution < 1.29 is 26.3 Å². The predicted octanol–water partition coefficient (Wildman–Crippen LogP) is 7.58. The van der Waals surface area contributed by atoms with Crippen molar-refractivity contribution in [3.8, 4) is 0 Å². The van der Waals surface area contributed by atoms with Gasteiger partial charge in [-0.15, -0.1) is 11.8 Å². The number of fused-ring (bicyclic) bond motifs is 1. The first-order chi connectivity index (χ1) is 17.6. The predicted molar refractivity (Wildman–Crippen MR) is 132 cm³/mol. The van der Waals surface area contributed by atoms with Crippen molar-refractivity contribution in [1.82, 2.24) is 19.4 Å². The number of thioether (sulfide) groups is 1. The molecule has 2 aromatic heterocycles. The van der Waals surface area contributed by atoms with Gasteiger partial charge in [0.1, 0.15) is 0 Å². The van der Waals surface area contributed by atoms with Crippen LogP contribution in [0.3, 0.4) is 0 Å². The molecule has 0 bridgehead atoms. The maximum Gasteiger partial charge on any atom is 0.416 e. The van der Waals surface area contributed by atoms with Crippen LogP contribution in [0.2, 0.25) is 0 Å². The number of imidazole rings is 1. The highest BCUT2D eigenvalue weighted by Crippen LogP contribution is 2.35. The molecule has 4 rings (SSSR count). The van der Waals surface area contributed by atoms with Crippen molar-refractivity contribution >= 4 is 22.7 Å². The number of piperidine rings is 1. The zero-order valence-electron chi connectivity index (χ0n) is 20.4. The Hall–Kier alpha value is -2.27. The summed E-state index contributed by atoms with van der Waals surface area (Å²) in [5.74, 6) is -0.310. The molecule has 202 valence electrons. The maximum absolute atomic E-state index is 12.9. The van der Waals surface area contributed by atoms with Crippen LogP contribution in [0, 0.1) is 5.92 Å². The SMILES string of the molecule is FC(F)(F)c1ccc2c(SCCCCCCn3cnc(CN4CCC(C(F)(F)F)CC4)c3)ccnc2c1. The quantitative estimate of drug-likeness (QED) is 0.150. The van der Waals surface area contributed by atoms with Crippen LogP contribution in [-0.2, 0) is 19.3 Å². The monoisotopic (exact) mass is 544 g/mol. The Kier molecular flexibility index (Phi) is 9.05. The van der Waals surface area contributed by atoms with Crippen molar-refractivity contribution in [2.75, 3.05) is 18.8 Å². The Morgan fingerprint density at radius 1 is 0.919 bits per heavy atom. The number of hydrogen-bond donors (Lipinski definition) is 0. The summed E-state index contributed by atoms with van der Waals surface area (Å²) in [6.07, 6.45) is 1.23. The minimum Gasteiger partial charge on any atom is -0.337 e. The molecule has 1 aliphatic heterocycles. The van der Waals surface area contributed by atoms with E-state index in [0.717, 1.165) is 66.1 Å². The highest BCUT2D eigenvalue weighted by atomic mass is 32.2. The van der Waals surface area contributed by atoms with Gasteiger partial charge in [-0.25, -0.2) is 4.98 Å². The van der Waals surface area contributed by atoms with Gasteiger partial charge in [0.25, 0.3) is 0 Å². The Morgan fingerprint density at radius 2 is 1.68 bits per heavy atom. The van der Waals surface area contributed by atoms with Crippen molar-refractivity contribution in [3.63, 3.8) is 0 Å². The minimum absolute atomic E-state index is 0.152. The molecule has 3 aromatic rings. The van der Waals surface area contributed by atoms with Gasteiger partial charge in [-0.1, -0.05) is 18.9 Å². The van der Waals surface area contributed by atoms with E-state index in [1.807, 2.05) is 21.7 Å².